The van der Waals surface area contributed by atoms with E-state index < -0.39 is 5.60 Å². The molecule has 3 rings (SSSR count). The zero-order valence-corrected chi connectivity index (χ0v) is 14.3. The number of carbonyl (C=O) groups excluding carboxylic acids is 1. The summed E-state index contributed by atoms with van der Waals surface area (Å²) >= 11 is 1.82. The van der Waals surface area contributed by atoms with Gasteiger partial charge in [-0.2, -0.15) is 0 Å². The Hall–Kier alpha value is -1.62. The molecule has 22 heavy (non-hydrogen) atoms. The van der Waals surface area contributed by atoms with Crippen molar-refractivity contribution in [2.75, 3.05) is 13.1 Å². The summed E-state index contributed by atoms with van der Waals surface area (Å²) in [5.41, 5.74) is 2.03. The second-order valence-electron chi connectivity index (χ2n) is 6.75. The Morgan fingerprint density at radius 3 is 2.64 bits per heavy atom. The number of rotatable bonds is 2. The number of thioether (sulfide) groups is 1. The van der Waals surface area contributed by atoms with E-state index in [0.29, 0.717) is 5.25 Å². The summed E-state index contributed by atoms with van der Waals surface area (Å²) in [7, 11) is 0. The van der Waals surface area contributed by atoms with E-state index >= 15 is 0 Å². The highest BCUT2D eigenvalue weighted by atomic mass is 32.2. The van der Waals surface area contributed by atoms with Crippen molar-refractivity contribution in [1.29, 1.82) is 0 Å². The Morgan fingerprint density at radius 1 is 1.32 bits per heavy atom. The lowest BCUT2D eigenvalue weighted by Gasteiger charge is -2.39. The van der Waals surface area contributed by atoms with Crippen molar-refractivity contribution < 1.29 is 9.53 Å². The van der Waals surface area contributed by atoms with E-state index in [1.165, 1.54) is 21.5 Å². The van der Waals surface area contributed by atoms with Gasteiger partial charge in [0, 0.05) is 29.2 Å². The minimum atomic E-state index is -0.427. The summed E-state index contributed by atoms with van der Waals surface area (Å²) in [5.74, 6) is 0. The number of nitrogens with zero attached hydrogens (tertiary/aromatic N) is 1. The predicted molar refractivity (Wildman–Crippen MR) is 90.5 cm³/mol. The smallest absolute Gasteiger partial charge is 0.410 e. The van der Waals surface area contributed by atoms with Crippen LogP contribution in [-0.2, 0) is 4.74 Å². The highest BCUT2D eigenvalue weighted by Gasteiger charge is 2.34. The number of para-hydroxylation sites is 1. The molecule has 0 saturated carbocycles. The van der Waals surface area contributed by atoms with Crippen LogP contribution in [0.2, 0.25) is 0 Å². The van der Waals surface area contributed by atoms with E-state index in [9.17, 15) is 4.79 Å². The molecule has 2 heterocycles. The van der Waals surface area contributed by atoms with Crippen LogP contribution in [-0.4, -0.2) is 39.9 Å². The van der Waals surface area contributed by atoms with E-state index in [2.05, 4.69) is 30.1 Å². The van der Waals surface area contributed by atoms with Crippen LogP contribution < -0.4 is 0 Å². The molecule has 0 atom stereocenters. The lowest BCUT2D eigenvalue weighted by Crippen LogP contribution is -2.53. The number of benzene rings is 1. The zero-order chi connectivity index (χ0) is 15.9. The van der Waals surface area contributed by atoms with Crippen molar-refractivity contribution in [2.45, 2.75) is 43.6 Å². The Balaban J connectivity index is 1.60. The largest absolute Gasteiger partial charge is 0.444 e. The fourth-order valence-corrected chi connectivity index (χ4v) is 3.83. The van der Waals surface area contributed by atoms with Crippen LogP contribution in [0.1, 0.15) is 26.3 Å². The molecule has 0 radical (unpaired) electrons. The lowest BCUT2D eigenvalue weighted by molar-refractivity contribution is 0.0144. The van der Waals surface area contributed by atoms with E-state index in [1.54, 1.807) is 4.90 Å². The number of ether oxygens (including phenoxy) is 1. The minimum absolute atomic E-state index is 0.210. The number of hydrogen-bond donors (Lipinski definition) is 1. The molecule has 1 aromatic carbocycles. The van der Waals surface area contributed by atoms with Gasteiger partial charge in [-0.15, -0.1) is 11.8 Å². The standard InChI is InChI=1S/C17H22N2O2S/c1-11-13-7-5-6-8-14(13)18-15(11)22-12-9-19(10-12)16(20)21-17(2,3)4/h5-8,12,18H,9-10H2,1-4H3. The summed E-state index contributed by atoms with van der Waals surface area (Å²) in [4.78, 5) is 17.2. The van der Waals surface area contributed by atoms with Gasteiger partial charge in [0.15, 0.2) is 0 Å². The molecule has 1 aliphatic heterocycles. The molecule has 2 aromatic rings. The molecule has 1 amide bonds. The third kappa shape index (κ3) is 3.09. The van der Waals surface area contributed by atoms with E-state index in [1.807, 2.05) is 38.6 Å². The van der Waals surface area contributed by atoms with Gasteiger partial charge in [-0.3, -0.25) is 0 Å². The molecule has 1 aliphatic rings. The summed E-state index contributed by atoms with van der Waals surface area (Å²) in [6.45, 7) is 9.31. The summed E-state index contributed by atoms with van der Waals surface area (Å²) in [6.07, 6.45) is -0.210. The molecule has 1 saturated heterocycles. The van der Waals surface area contributed by atoms with Gasteiger partial charge in [-0.05, 0) is 39.3 Å². The van der Waals surface area contributed by atoms with Crippen LogP contribution in [0, 0.1) is 6.92 Å². The normalized spacial score (nSPS) is 15.9. The van der Waals surface area contributed by atoms with Crippen LogP contribution >= 0.6 is 11.8 Å². The Kier molecular flexibility index (Phi) is 3.85. The summed E-state index contributed by atoms with van der Waals surface area (Å²) < 4.78 is 5.38. The number of aryl methyl sites for hydroxylation is 1. The minimum Gasteiger partial charge on any atom is -0.444 e. The highest BCUT2D eigenvalue weighted by molar-refractivity contribution is 8.00. The molecule has 1 fully saturated rings. The van der Waals surface area contributed by atoms with Gasteiger partial charge in [0.2, 0.25) is 0 Å². The van der Waals surface area contributed by atoms with Gasteiger partial charge in [0.1, 0.15) is 5.60 Å². The number of aromatic nitrogens is 1. The van der Waals surface area contributed by atoms with Gasteiger partial charge >= 0.3 is 6.09 Å². The Labute approximate surface area is 135 Å². The molecule has 0 unspecified atom stereocenters. The molecule has 1 N–H and O–H groups in total. The topological polar surface area (TPSA) is 45.3 Å². The first kappa shape index (κ1) is 15.3. The molecule has 1 aromatic heterocycles. The maximum Gasteiger partial charge on any atom is 0.410 e. The number of H-pyrrole nitrogens is 1. The average molecular weight is 318 g/mol. The monoisotopic (exact) mass is 318 g/mol. The second-order valence-corrected chi connectivity index (χ2v) is 8.06. The van der Waals surface area contributed by atoms with Crippen LogP contribution in [0.5, 0.6) is 0 Å². The summed E-state index contributed by atoms with van der Waals surface area (Å²) in [5, 5.41) is 2.91. The second kappa shape index (κ2) is 5.54. The molecule has 5 heteroatoms. The van der Waals surface area contributed by atoms with Gasteiger partial charge in [0.25, 0.3) is 0 Å². The number of nitrogens with one attached hydrogen (secondary N) is 1. The third-order valence-corrected chi connectivity index (χ3v) is 4.98. The molecule has 0 aliphatic carbocycles. The third-order valence-electron chi connectivity index (χ3n) is 3.70. The lowest BCUT2D eigenvalue weighted by atomic mass is 10.2. The van der Waals surface area contributed by atoms with Crippen molar-refractivity contribution in [3.05, 3.63) is 29.8 Å². The highest BCUT2D eigenvalue weighted by Crippen LogP contribution is 2.35. The number of amides is 1. The van der Waals surface area contributed by atoms with Gasteiger partial charge < -0.3 is 14.6 Å². The molecule has 118 valence electrons. The Morgan fingerprint density at radius 2 is 2.00 bits per heavy atom. The molecule has 4 nitrogen and oxygen atoms in total. The van der Waals surface area contributed by atoms with Crippen LogP contribution in [0.4, 0.5) is 4.79 Å². The van der Waals surface area contributed by atoms with Crippen LogP contribution in [0.15, 0.2) is 29.3 Å². The number of aromatic amines is 1. The fourth-order valence-electron chi connectivity index (χ4n) is 2.53. The predicted octanol–water partition coefficient (Wildman–Crippen LogP) is 4.19. The number of likely N-dealkylation sites (tertiary alicyclic amines) is 1. The van der Waals surface area contributed by atoms with E-state index in [0.717, 1.165) is 13.1 Å². The average Bonchev–Trinajstić information content (AvgIpc) is 2.68. The summed E-state index contributed by atoms with van der Waals surface area (Å²) in [6, 6.07) is 8.34. The van der Waals surface area contributed by atoms with Crippen LogP contribution in [0.25, 0.3) is 10.9 Å². The van der Waals surface area contributed by atoms with Gasteiger partial charge in [0.05, 0.1) is 5.03 Å². The van der Waals surface area contributed by atoms with Gasteiger partial charge in [-0.25, -0.2) is 4.79 Å². The molecular weight excluding hydrogens is 296 g/mol. The maximum atomic E-state index is 11.9. The molecule has 0 bridgehead atoms. The van der Waals surface area contributed by atoms with Crippen molar-refractivity contribution in [1.82, 2.24) is 9.88 Å². The van der Waals surface area contributed by atoms with Crippen molar-refractivity contribution in [3.63, 3.8) is 0 Å². The Bertz CT molecular complexity index is 696. The molecule has 0 spiro atoms. The van der Waals surface area contributed by atoms with Crippen molar-refractivity contribution in [3.8, 4) is 0 Å². The zero-order valence-electron chi connectivity index (χ0n) is 13.5. The van der Waals surface area contributed by atoms with Crippen LogP contribution in [0.3, 0.4) is 0 Å². The first-order valence-electron chi connectivity index (χ1n) is 7.55. The first-order valence-corrected chi connectivity index (χ1v) is 8.43. The maximum absolute atomic E-state index is 11.9. The number of carbonyl (C=O) groups is 1. The van der Waals surface area contributed by atoms with Crippen molar-refractivity contribution >= 4 is 28.8 Å². The van der Waals surface area contributed by atoms with E-state index in [4.69, 9.17) is 4.74 Å². The first-order chi connectivity index (χ1) is 10.3. The quantitative estimate of drug-likeness (QED) is 0.903. The fraction of sp³-hybridized carbons (Fsp3) is 0.471. The van der Waals surface area contributed by atoms with Crippen molar-refractivity contribution in [2.24, 2.45) is 0 Å². The van der Waals surface area contributed by atoms with E-state index in [-0.39, 0.29) is 6.09 Å². The SMILES string of the molecule is Cc1c(SC2CN(C(=O)OC(C)(C)C)C2)[nH]c2ccccc12. The molecular formula is C17H22N2O2S. The number of fused-ring (bicyclic) bond motifs is 1. The van der Waals surface area contributed by atoms with Gasteiger partial charge in [-0.1, -0.05) is 18.2 Å². The number of hydrogen-bond acceptors (Lipinski definition) is 3.